The van der Waals surface area contributed by atoms with Crippen LogP contribution in [0.2, 0.25) is 0 Å². The summed E-state index contributed by atoms with van der Waals surface area (Å²) in [6.45, 7) is 3.46. The van der Waals surface area contributed by atoms with Gasteiger partial charge in [0.05, 0.1) is 13.2 Å². The van der Waals surface area contributed by atoms with Crippen molar-refractivity contribution in [1.29, 1.82) is 0 Å². The van der Waals surface area contributed by atoms with Gasteiger partial charge in [0.15, 0.2) is 18.7 Å². The Bertz CT molecular complexity index is 2010. The van der Waals surface area contributed by atoms with E-state index in [1.807, 2.05) is 0 Å². The fourth-order valence-electron chi connectivity index (χ4n) is 12.9. The van der Waals surface area contributed by atoms with Crippen molar-refractivity contribution in [3.05, 3.63) is 0 Å². The Morgan fingerprint density at radius 3 is 1.01 bits per heavy atom. The molecule has 2 saturated heterocycles. The van der Waals surface area contributed by atoms with Gasteiger partial charge < -0.3 is 89.1 Å². The van der Waals surface area contributed by atoms with Crippen LogP contribution in [-0.4, -0.2) is 204 Å². The molecule has 0 aromatic rings. The molecule has 572 valence electrons. The molecule has 3 rings (SSSR count). The Morgan fingerprint density at radius 1 is 0.361 bits per heavy atom. The van der Waals surface area contributed by atoms with E-state index in [1.165, 1.54) is 161 Å². The van der Waals surface area contributed by atoms with Gasteiger partial charge in [-0.1, -0.05) is 271 Å². The van der Waals surface area contributed by atoms with Crippen molar-refractivity contribution in [2.45, 2.75) is 414 Å². The molecule has 0 spiro atoms. The molecule has 97 heavy (non-hydrogen) atoms. The van der Waals surface area contributed by atoms with Crippen molar-refractivity contribution in [2.75, 3.05) is 26.4 Å². The highest BCUT2D eigenvalue weighted by Crippen LogP contribution is 2.49. The summed E-state index contributed by atoms with van der Waals surface area (Å²) in [6.07, 6.45) is 11.7. The van der Waals surface area contributed by atoms with Crippen LogP contribution in [0.1, 0.15) is 310 Å². The number of phosphoric acid groups is 1. The van der Waals surface area contributed by atoms with Gasteiger partial charge in [-0.25, -0.2) is 4.57 Å². The van der Waals surface area contributed by atoms with Gasteiger partial charge in [0.1, 0.15) is 98.7 Å². The van der Waals surface area contributed by atoms with E-state index in [2.05, 4.69) is 20.8 Å². The summed E-state index contributed by atoms with van der Waals surface area (Å²) in [4.78, 5) is 51.0. The van der Waals surface area contributed by atoms with Gasteiger partial charge in [0, 0.05) is 19.3 Å². The number of aliphatic hydroxyl groups is 10. The van der Waals surface area contributed by atoms with Gasteiger partial charge in [0.2, 0.25) is 0 Å². The molecule has 11 N–H and O–H groups in total. The summed E-state index contributed by atoms with van der Waals surface area (Å²) in [7, 11) is -5.69. The normalized spacial score (nSPS) is 27.7. The zero-order valence-electron chi connectivity index (χ0n) is 59.6. The third-order valence-electron chi connectivity index (χ3n) is 19.1. The number of carbonyl (C=O) groups is 3. The molecule has 1 saturated carbocycles. The maximum Gasteiger partial charge on any atom is 0.472 e. The highest BCUT2D eigenvalue weighted by molar-refractivity contribution is 7.47. The Morgan fingerprint density at radius 2 is 0.660 bits per heavy atom. The van der Waals surface area contributed by atoms with Crippen LogP contribution in [0, 0.1) is 0 Å². The number of unbranched alkanes of at least 4 members (excludes halogenated alkanes) is 39. The first-order chi connectivity index (χ1) is 46.8. The van der Waals surface area contributed by atoms with Crippen LogP contribution in [-0.2, 0) is 61.2 Å². The summed E-state index contributed by atoms with van der Waals surface area (Å²) >= 11 is 0. The average Bonchev–Trinajstić information content (AvgIpc) is 0.763. The monoisotopic (exact) mass is 1410 g/mol. The van der Waals surface area contributed by atoms with E-state index >= 15 is 0 Å². The van der Waals surface area contributed by atoms with Gasteiger partial charge in [-0.15, -0.1) is 0 Å². The first-order valence-corrected chi connectivity index (χ1v) is 39.8. The van der Waals surface area contributed by atoms with Crippen molar-refractivity contribution < 1.29 is 117 Å². The molecule has 18 unspecified atom stereocenters. The SMILES string of the molecule is CCCCCCCCCCCCCCCCCCCC(=O)OCC(COP(=O)(O)OC1C(OC2OC(CO)C(O)C(O)C2O)C(O)C(O)C(O)C1OC1OC(COC(=O)CCCCCCCCCCCCC)C(O)C(O)C1O)OC(=O)CCCCCCCCCCCCCCCC. The minimum atomic E-state index is -5.69. The summed E-state index contributed by atoms with van der Waals surface area (Å²) in [5, 5.41) is 110. The highest BCUT2D eigenvalue weighted by Gasteiger charge is 2.58. The lowest BCUT2D eigenvalue weighted by atomic mass is 9.84. The number of ether oxygens (including phenoxy) is 7. The largest absolute Gasteiger partial charge is 0.472 e. The van der Waals surface area contributed by atoms with E-state index in [0.717, 1.165) is 89.9 Å². The maximum atomic E-state index is 14.3. The second-order valence-corrected chi connectivity index (χ2v) is 29.1. The van der Waals surface area contributed by atoms with Crippen LogP contribution >= 0.6 is 7.82 Å². The zero-order chi connectivity index (χ0) is 71.1. The van der Waals surface area contributed by atoms with Gasteiger partial charge in [0.25, 0.3) is 0 Å². The van der Waals surface area contributed by atoms with Crippen molar-refractivity contribution >= 4 is 25.7 Å². The predicted octanol–water partition coefficient (Wildman–Crippen LogP) is 10.6. The van der Waals surface area contributed by atoms with Crippen LogP contribution in [0.3, 0.4) is 0 Å². The highest BCUT2D eigenvalue weighted by atomic mass is 31.2. The lowest BCUT2D eigenvalue weighted by Crippen LogP contribution is -2.69. The molecular weight excluding hydrogens is 1280 g/mol. The second-order valence-electron chi connectivity index (χ2n) is 27.7. The van der Waals surface area contributed by atoms with Gasteiger partial charge in [-0.2, -0.15) is 0 Å². The zero-order valence-corrected chi connectivity index (χ0v) is 60.5. The lowest BCUT2D eigenvalue weighted by molar-refractivity contribution is -0.360. The van der Waals surface area contributed by atoms with E-state index in [0.29, 0.717) is 19.3 Å². The van der Waals surface area contributed by atoms with E-state index < -0.39 is 156 Å². The Kier molecular flexibility index (Phi) is 50.2. The quantitative estimate of drug-likeness (QED) is 0.0117. The third kappa shape index (κ3) is 37.8. The summed E-state index contributed by atoms with van der Waals surface area (Å²) in [5.41, 5.74) is 0. The predicted molar refractivity (Wildman–Crippen MR) is 365 cm³/mol. The van der Waals surface area contributed by atoms with Crippen LogP contribution in [0.5, 0.6) is 0 Å². The van der Waals surface area contributed by atoms with Crippen molar-refractivity contribution in [2.24, 2.45) is 0 Å². The number of phosphoric ester groups is 1. The molecule has 0 aromatic carbocycles. The van der Waals surface area contributed by atoms with Crippen molar-refractivity contribution in [1.82, 2.24) is 0 Å². The van der Waals surface area contributed by atoms with E-state index in [1.54, 1.807) is 0 Å². The molecule has 3 fully saturated rings. The molecule has 2 heterocycles. The van der Waals surface area contributed by atoms with Gasteiger partial charge >= 0.3 is 25.7 Å². The molecule has 0 bridgehead atoms. The number of hydrogen-bond donors (Lipinski definition) is 11. The summed E-state index contributed by atoms with van der Waals surface area (Å²) < 4.78 is 65.0. The fraction of sp³-hybridized carbons (Fsp3) is 0.958. The number of hydrogen-bond acceptors (Lipinski definition) is 23. The molecule has 25 heteroatoms. The van der Waals surface area contributed by atoms with Gasteiger partial charge in [-0.05, 0) is 19.3 Å². The summed E-state index contributed by atoms with van der Waals surface area (Å²) in [5.74, 6) is -1.97. The average molecular weight is 1420 g/mol. The van der Waals surface area contributed by atoms with E-state index in [4.69, 9.17) is 42.2 Å². The number of esters is 3. The number of rotatable bonds is 60. The molecule has 0 radical (unpaired) electrons. The molecule has 2 aliphatic heterocycles. The molecule has 3 aliphatic rings. The van der Waals surface area contributed by atoms with Crippen LogP contribution in [0.4, 0.5) is 0 Å². The first kappa shape index (κ1) is 89.2. The standard InChI is InChI=1S/C72H135O24P/c1-4-7-10-13-16-19-22-24-26-27-28-30-32-35-37-40-43-46-56(74)88-50-53(91-58(76)48-45-42-39-36-33-29-25-23-20-17-14-11-8-5-2)51-90-97(86,87)96-70-68(94-71-66(84)61(79)59(77)54(49-73)92-71)64(82)63(81)65(83)69(70)95-72-67(85)62(80)60(78)55(93-72)52-89-57(75)47-44-41-38-34-31-21-18-15-12-9-6-3/h53-55,59-73,77-85H,4-52H2,1-3H3,(H,86,87). The number of aliphatic hydroxyl groups excluding tert-OH is 10. The summed E-state index contributed by atoms with van der Waals surface area (Å²) in [6, 6.07) is 0. The van der Waals surface area contributed by atoms with Crippen LogP contribution < -0.4 is 0 Å². The van der Waals surface area contributed by atoms with Gasteiger partial charge in [-0.3, -0.25) is 23.4 Å². The minimum Gasteiger partial charge on any atom is -0.463 e. The van der Waals surface area contributed by atoms with Crippen LogP contribution in [0.15, 0.2) is 0 Å². The Hall–Kier alpha value is -2.04. The first-order valence-electron chi connectivity index (χ1n) is 38.3. The van der Waals surface area contributed by atoms with Crippen molar-refractivity contribution in [3.8, 4) is 0 Å². The lowest BCUT2D eigenvalue weighted by Gasteiger charge is -2.49. The molecular formula is C72H135O24P. The molecule has 0 aromatic heterocycles. The number of carbonyl (C=O) groups excluding carboxylic acids is 3. The molecule has 18 atom stereocenters. The smallest absolute Gasteiger partial charge is 0.463 e. The minimum absolute atomic E-state index is 0.0328. The van der Waals surface area contributed by atoms with Crippen LogP contribution in [0.25, 0.3) is 0 Å². The fourth-order valence-corrected chi connectivity index (χ4v) is 13.8. The van der Waals surface area contributed by atoms with E-state index in [9.17, 15) is 74.9 Å². The second kappa shape index (κ2) is 54.6. The molecule has 1 aliphatic carbocycles. The topological polar surface area (TPSA) is 374 Å². The third-order valence-corrected chi connectivity index (χ3v) is 20.1. The molecule has 0 amide bonds. The maximum absolute atomic E-state index is 14.3. The molecule has 24 nitrogen and oxygen atoms in total. The van der Waals surface area contributed by atoms with Crippen molar-refractivity contribution in [3.63, 3.8) is 0 Å². The Labute approximate surface area is 580 Å². The van der Waals surface area contributed by atoms with E-state index in [-0.39, 0.29) is 19.3 Å². The Balaban J connectivity index is 1.72.